The van der Waals surface area contributed by atoms with Crippen molar-refractivity contribution in [2.45, 2.75) is 45.4 Å². The average molecular weight is 293 g/mol. The Hall–Kier alpha value is -1.85. The topological polar surface area (TPSA) is 84.3 Å². The minimum absolute atomic E-state index is 0.356. The Morgan fingerprint density at radius 2 is 2.00 bits per heavy atom. The second-order valence-corrected chi connectivity index (χ2v) is 5.73. The lowest BCUT2D eigenvalue weighted by Crippen LogP contribution is -2.38. The third kappa shape index (κ3) is 3.83. The molecule has 1 aliphatic carbocycles. The molecule has 1 aromatic rings. The van der Waals surface area contributed by atoms with Crippen molar-refractivity contribution in [2.75, 3.05) is 19.0 Å². The van der Waals surface area contributed by atoms with Gasteiger partial charge in [0.15, 0.2) is 0 Å². The third-order valence-corrected chi connectivity index (χ3v) is 4.14. The van der Waals surface area contributed by atoms with Crippen molar-refractivity contribution in [3.63, 3.8) is 0 Å². The summed E-state index contributed by atoms with van der Waals surface area (Å²) in [4.78, 5) is 20.2. The maximum atomic E-state index is 11.7. The first kappa shape index (κ1) is 15.5. The third-order valence-electron chi connectivity index (χ3n) is 4.14. The van der Waals surface area contributed by atoms with E-state index < -0.39 is 11.4 Å². The molecule has 0 saturated heterocycles. The second kappa shape index (κ2) is 6.74. The van der Waals surface area contributed by atoms with Crippen LogP contribution in [0.3, 0.4) is 0 Å². The molecule has 2 N–H and O–H groups in total. The number of aromatic nitrogens is 2. The van der Waals surface area contributed by atoms with Gasteiger partial charge in [0, 0.05) is 18.3 Å². The number of carboxylic acid groups (broad SMARTS) is 1. The van der Waals surface area contributed by atoms with Gasteiger partial charge in [-0.2, -0.15) is 4.98 Å². The molecule has 1 heterocycles. The number of hydrogen-bond donors (Lipinski definition) is 2. The van der Waals surface area contributed by atoms with Crippen LogP contribution >= 0.6 is 0 Å². The molecule has 0 aliphatic heterocycles. The van der Waals surface area contributed by atoms with Crippen LogP contribution in [0.5, 0.6) is 5.88 Å². The Kier molecular flexibility index (Phi) is 4.98. The zero-order chi connectivity index (χ0) is 15.3. The van der Waals surface area contributed by atoms with Crippen LogP contribution < -0.4 is 10.1 Å². The summed E-state index contributed by atoms with van der Waals surface area (Å²) in [6.07, 6.45) is 5.57. The van der Waals surface area contributed by atoms with Crippen LogP contribution in [0.2, 0.25) is 0 Å². The minimum atomic E-state index is -0.725. The van der Waals surface area contributed by atoms with E-state index in [1.54, 1.807) is 13.2 Å². The van der Waals surface area contributed by atoms with Crippen molar-refractivity contribution in [1.29, 1.82) is 0 Å². The molecule has 1 aliphatic rings. The van der Waals surface area contributed by atoms with Gasteiger partial charge in [-0.05, 0) is 19.8 Å². The van der Waals surface area contributed by atoms with Gasteiger partial charge in [0.1, 0.15) is 0 Å². The quantitative estimate of drug-likeness (QED) is 0.812. The lowest BCUT2D eigenvalue weighted by molar-refractivity contribution is -0.149. The number of aryl methyl sites for hydroxylation is 1. The van der Waals surface area contributed by atoms with Crippen LogP contribution in [0.15, 0.2) is 6.07 Å². The Bertz CT molecular complexity index is 497. The predicted molar refractivity (Wildman–Crippen MR) is 79.6 cm³/mol. The standard InChI is InChI=1S/C15H23N3O3/c1-11-9-12(21-2)18-14(17-11)16-10-15(13(19)20)7-5-3-4-6-8-15/h9H,3-8,10H2,1-2H3,(H,19,20)(H,16,17,18). The highest BCUT2D eigenvalue weighted by Gasteiger charge is 2.38. The van der Waals surface area contributed by atoms with Crippen LogP contribution in [0.4, 0.5) is 5.95 Å². The van der Waals surface area contributed by atoms with Crippen LogP contribution in [0.1, 0.15) is 44.2 Å². The summed E-state index contributed by atoms with van der Waals surface area (Å²) in [6.45, 7) is 2.21. The van der Waals surface area contributed by atoms with Gasteiger partial charge < -0.3 is 15.2 Å². The summed E-state index contributed by atoms with van der Waals surface area (Å²) >= 11 is 0. The SMILES string of the molecule is COc1cc(C)nc(NCC2(C(=O)O)CCCCCC2)n1. The fourth-order valence-corrected chi connectivity index (χ4v) is 2.84. The molecule has 6 nitrogen and oxygen atoms in total. The lowest BCUT2D eigenvalue weighted by atomic mass is 9.80. The summed E-state index contributed by atoms with van der Waals surface area (Å²) in [7, 11) is 1.55. The van der Waals surface area contributed by atoms with E-state index in [9.17, 15) is 9.90 Å². The molecule has 0 aromatic carbocycles. The molecule has 1 saturated carbocycles. The number of nitrogens with zero attached hydrogens (tertiary/aromatic N) is 2. The molecule has 0 spiro atoms. The molecule has 1 fully saturated rings. The molecule has 0 atom stereocenters. The molecule has 0 amide bonds. The number of methoxy groups -OCH3 is 1. The first-order valence-electron chi connectivity index (χ1n) is 7.43. The molecule has 21 heavy (non-hydrogen) atoms. The number of carboxylic acids is 1. The van der Waals surface area contributed by atoms with Crippen molar-refractivity contribution in [3.8, 4) is 5.88 Å². The van der Waals surface area contributed by atoms with E-state index in [0.717, 1.165) is 31.4 Å². The largest absolute Gasteiger partial charge is 0.481 e. The van der Waals surface area contributed by atoms with Crippen molar-refractivity contribution in [2.24, 2.45) is 5.41 Å². The number of hydrogen-bond acceptors (Lipinski definition) is 5. The number of rotatable bonds is 5. The molecule has 6 heteroatoms. The van der Waals surface area contributed by atoms with Crippen LogP contribution in [0, 0.1) is 12.3 Å². The van der Waals surface area contributed by atoms with Gasteiger partial charge in [-0.25, -0.2) is 4.98 Å². The molecule has 0 unspecified atom stereocenters. The summed E-state index contributed by atoms with van der Waals surface area (Å²) in [5.41, 5.74) is 0.0752. The van der Waals surface area contributed by atoms with Gasteiger partial charge in [0.25, 0.3) is 0 Å². The van der Waals surface area contributed by atoms with E-state index in [2.05, 4.69) is 15.3 Å². The van der Waals surface area contributed by atoms with Crippen molar-refractivity contribution < 1.29 is 14.6 Å². The molecule has 116 valence electrons. The van der Waals surface area contributed by atoms with Crippen LogP contribution in [0.25, 0.3) is 0 Å². The molecular formula is C15H23N3O3. The number of anilines is 1. The van der Waals surface area contributed by atoms with Crippen molar-refractivity contribution in [3.05, 3.63) is 11.8 Å². The highest BCUT2D eigenvalue weighted by Crippen LogP contribution is 2.35. The Morgan fingerprint density at radius 3 is 2.57 bits per heavy atom. The monoisotopic (exact) mass is 293 g/mol. The minimum Gasteiger partial charge on any atom is -0.481 e. The Labute approximate surface area is 124 Å². The number of ether oxygens (including phenoxy) is 1. The van der Waals surface area contributed by atoms with E-state index in [1.165, 1.54) is 0 Å². The Balaban J connectivity index is 2.11. The molecule has 0 radical (unpaired) electrons. The van der Waals surface area contributed by atoms with Crippen LogP contribution in [-0.2, 0) is 4.79 Å². The Morgan fingerprint density at radius 1 is 1.33 bits per heavy atom. The maximum Gasteiger partial charge on any atom is 0.311 e. The van der Waals surface area contributed by atoms with E-state index in [1.807, 2.05) is 6.92 Å². The van der Waals surface area contributed by atoms with E-state index in [0.29, 0.717) is 31.2 Å². The zero-order valence-corrected chi connectivity index (χ0v) is 12.7. The average Bonchev–Trinajstić information content (AvgIpc) is 2.71. The fraction of sp³-hybridized carbons (Fsp3) is 0.667. The van der Waals surface area contributed by atoms with E-state index in [4.69, 9.17) is 4.74 Å². The van der Waals surface area contributed by atoms with E-state index in [-0.39, 0.29) is 0 Å². The fourth-order valence-electron chi connectivity index (χ4n) is 2.84. The summed E-state index contributed by atoms with van der Waals surface area (Å²) in [5, 5.41) is 12.7. The smallest absolute Gasteiger partial charge is 0.311 e. The molecule has 0 bridgehead atoms. The first-order chi connectivity index (χ1) is 10.1. The van der Waals surface area contributed by atoms with Crippen molar-refractivity contribution in [1.82, 2.24) is 9.97 Å². The molecule has 2 rings (SSSR count). The first-order valence-corrected chi connectivity index (χ1v) is 7.43. The highest BCUT2D eigenvalue weighted by atomic mass is 16.5. The van der Waals surface area contributed by atoms with Gasteiger partial charge in [-0.15, -0.1) is 0 Å². The van der Waals surface area contributed by atoms with Gasteiger partial charge in [-0.1, -0.05) is 25.7 Å². The second-order valence-electron chi connectivity index (χ2n) is 5.73. The summed E-state index contributed by atoms with van der Waals surface area (Å²) in [6, 6.07) is 1.74. The van der Waals surface area contributed by atoms with Gasteiger partial charge in [0.2, 0.25) is 11.8 Å². The number of aliphatic carboxylic acids is 1. The lowest BCUT2D eigenvalue weighted by Gasteiger charge is -2.28. The normalized spacial score (nSPS) is 17.8. The van der Waals surface area contributed by atoms with Gasteiger partial charge >= 0.3 is 5.97 Å². The summed E-state index contributed by atoms with van der Waals surface area (Å²) in [5.74, 6) is 0.184. The van der Waals surface area contributed by atoms with E-state index >= 15 is 0 Å². The molecule has 1 aromatic heterocycles. The van der Waals surface area contributed by atoms with Crippen LogP contribution in [-0.4, -0.2) is 34.7 Å². The van der Waals surface area contributed by atoms with Gasteiger partial charge in [0.05, 0.1) is 12.5 Å². The van der Waals surface area contributed by atoms with Gasteiger partial charge in [-0.3, -0.25) is 4.79 Å². The van der Waals surface area contributed by atoms with Crippen molar-refractivity contribution >= 4 is 11.9 Å². The molecular weight excluding hydrogens is 270 g/mol. The highest BCUT2D eigenvalue weighted by molar-refractivity contribution is 5.75. The maximum absolute atomic E-state index is 11.7. The predicted octanol–water partition coefficient (Wildman–Crippen LogP) is 2.63. The number of nitrogens with one attached hydrogen (secondary N) is 1. The number of carbonyl (C=O) groups is 1. The zero-order valence-electron chi connectivity index (χ0n) is 12.7. The summed E-state index contributed by atoms with van der Waals surface area (Å²) < 4.78 is 5.11.